The van der Waals surface area contributed by atoms with Crippen molar-refractivity contribution in [2.75, 3.05) is 13.1 Å². The minimum Gasteiger partial charge on any atom is -0.478 e. The Kier molecular flexibility index (Phi) is 6.84. The van der Waals surface area contributed by atoms with Gasteiger partial charge in [0.15, 0.2) is 0 Å². The Balaban J connectivity index is 3.08. The number of benzene rings is 1. The average molecular weight is 313 g/mol. The van der Waals surface area contributed by atoms with Gasteiger partial charge in [-0.25, -0.2) is 13.2 Å². The zero-order valence-electron chi connectivity index (χ0n) is 12.6. The number of carboxylic acids is 1. The fourth-order valence-electron chi connectivity index (χ4n) is 1.96. The van der Waals surface area contributed by atoms with Crippen LogP contribution in [0.2, 0.25) is 0 Å². The van der Waals surface area contributed by atoms with Gasteiger partial charge in [-0.2, -0.15) is 4.31 Å². The Morgan fingerprint density at radius 1 is 1.14 bits per heavy atom. The zero-order chi connectivity index (χ0) is 15.9. The Labute approximate surface area is 126 Å². The lowest BCUT2D eigenvalue weighted by molar-refractivity contribution is 0.0696. The fourth-order valence-corrected chi connectivity index (χ4v) is 3.52. The molecule has 1 aromatic carbocycles. The van der Waals surface area contributed by atoms with Crippen LogP contribution in [-0.4, -0.2) is 36.9 Å². The number of nitrogens with zero attached hydrogens (tertiary/aromatic N) is 1. The summed E-state index contributed by atoms with van der Waals surface area (Å²) in [6.07, 6.45) is 3.41. The molecule has 0 amide bonds. The van der Waals surface area contributed by atoms with Crippen LogP contribution >= 0.6 is 0 Å². The summed E-state index contributed by atoms with van der Waals surface area (Å²) in [5.41, 5.74) is -0.0120. The van der Waals surface area contributed by atoms with Crippen LogP contribution in [0.25, 0.3) is 0 Å². The first-order valence-corrected chi connectivity index (χ1v) is 8.71. The van der Waals surface area contributed by atoms with Crippen molar-refractivity contribution in [3.05, 3.63) is 29.8 Å². The van der Waals surface area contributed by atoms with E-state index in [1.54, 1.807) is 0 Å². The first-order chi connectivity index (χ1) is 9.93. The molecule has 5 nitrogen and oxygen atoms in total. The van der Waals surface area contributed by atoms with Crippen molar-refractivity contribution in [1.29, 1.82) is 0 Å². The number of aromatic carboxylic acids is 1. The lowest BCUT2D eigenvalue weighted by atomic mass is 10.2. The Morgan fingerprint density at radius 3 is 2.19 bits per heavy atom. The number of carboxylic acid groups (broad SMARTS) is 1. The van der Waals surface area contributed by atoms with Gasteiger partial charge >= 0.3 is 5.97 Å². The molecule has 0 bridgehead atoms. The largest absolute Gasteiger partial charge is 0.478 e. The molecule has 21 heavy (non-hydrogen) atoms. The van der Waals surface area contributed by atoms with Crippen molar-refractivity contribution < 1.29 is 18.3 Å². The Hall–Kier alpha value is -1.40. The highest BCUT2D eigenvalue weighted by atomic mass is 32.2. The molecule has 0 aliphatic heterocycles. The maximum absolute atomic E-state index is 12.7. The topological polar surface area (TPSA) is 74.7 Å². The lowest BCUT2D eigenvalue weighted by Crippen LogP contribution is -2.33. The minimum absolute atomic E-state index is 0.0120. The van der Waals surface area contributed by atoms with Gasteiger partial charge < -0.3 is 5.11 Å². The molecule has 6 heteroatoms. The van der Waals surface area contributed by atoms with E-state index >= 15 is 0 Å². The van der Waals surface area contributed by atoms with Gasteiger partial charge in [0, 0.05) is 13.1 Å². The van der Waals surface area contributed by atoms with E-state index in [0.29, 0.717) is 13.1 Å². The molecule has 0 aromatic heterocycles. The predicted octanol–water partition coefficient (Wildman–Crippen LogP) is 2.98. The number of unbranched alkanes of at least 4 members (excludes halogenated alkanes) is 2. The van der Waals surface area contributed by atoms with Crippen LogP contribution in [0.1, 0.15) is 49.9 Å². The molecule has 0 fully saturated rings. The summed E-state index contributed by atoms with van der Waals surface area (Å²) in [6.45, 7) is 4.96. The molecule has 0 saturated carbocycles. The van der Waals surface area contributed by atoms with Crippen molar-refractivity contribution in [3.63, 3.8) is 0 Å². The lowest BCUT2D eigenvalue weighted by Gasteiger charge is -2.22. The quantitative estimate of drug-likeness (QED) is 0.760. The number of hydrogen-bond acceptors (Lipinski definition) is 3. The van der Waals surface area contributed by atoms with E-state index in [-0.39, 0.29) is 10.5 Å². The van der Waals surface area contributed by atoms with Crippen molar-refractivity contribution in [1.82, 2.24) is 4.31 Å². The van der Waals surface area contributed by atoms with Crippen LogP contribution in [0, 0.1) is 0 Å². The maximum Gasteiger partial charge on any atom is 0.335 e. The molecule has 1 rings (SSSR count). The number of hydrogen-bond donors (Lipinski definition) is 1. The molecular weight excluding hydrogens is 290 g/mol. The summed E-state index contributed by atoms with van der Waals surface area (Å²) >= 11 is 0. The van der Waals surface area contributed by atoms with Gasteiger partial charge in [0.05, 0.1) is 10.5 Å². The summed E-state index contributed by atoms with van der Waals surface area (Å²) in [6, 6.07) is 5.53. The van der Waals surface area contributed by atoms with Gasteiger partial charge in [-0.3, -0.25) is 0 Å². The van der Waals surface area contributed by atoms with Crippen molar-refractivity contribution in [2.45, 2.75) is 44.4 Å². The van der Waals surface area contributed by atoms with Gasteiger partial charge in [0.2, 0.25) is 10.0 Å². The molecule has 0 aliphatic carbocycles. The molecule has 0 radical (unpaired) electrons. The second kappa shape index (κ2) is 8.14. The number of carbonyl (C=O) groups is 1. The second-order valence-corrected chi connectivity index (χ2v) is 6.88. The summed E-state index contributed by atoms with van der Waals surface area (Å²) in [5, 5.41) is 8.99. The fraction of sp³-hybridized carbons (Fsp3) is 0.533. The number of rotatable bonds is 9. The maximum atomic E-state index is 12.7. The van der Waals surface area contributed by atoms with E-state index < -0.39 is 16.0 Å². The highest BCUT2D eigenvalue weighted by Gasteiger charge is 2.24. The van der Waals surface area contributed by atoms with Gasteiger partial charge in [-0.15, -0.1) is 0 Å². The van der Waals surface area contributed by atoms with Gasteiger partial charge in [0.25, 0.3) is 0 Å². The highest BCUT2D eigenvalue weighted by Crippen LogP contribution is 2.18. The first-order valence-electron chi connectivity index (χ1n) is 7.27. The van der Waals surface area contributed by atoms with E-state index in [1.165, 1.54) is 28.6 Å². The summed E-state index contributed by atoms with van der Waals surface area (Å²) in [5.74, 6) is -1.12. The summed E-state index contributed by atoms with van der Waals surface area (Å²) in [7, 11) is -3.63. The molecule has 0 unspecified atom stereocenters. The van der Waals surface area contributed by atoms with Gasteiger partial charge in [-0.1, -0.05) is 32.8 Å². The predicted molar refractivity (Wildman–Crippen MR) is 82.0 cm³/mol. The molecule has 1 N–H and O–H groups in total. The van der Waals surface area contributed by atoms with Crippen molar-refractivity contribution in [3.8, 4) is 0 Å². The third-order valence-electron chi connectivity index (χ3n) is 3.24. The second-order valence-electron chi connectivity index (χ2n) is 4.94. The molecule has 0 atom stereocenters. The molecule has 1 aromatic rings. The van der Waals surface area contributed by atoms with E-state index in [4.69, 9.17) is 5.11 Å². The van der Waals surface area contributed by atoms with Crippen LogP contribution in [0.15, 0.2) is 29.2 Å². The van der Waals surface area contributed by atoms with Crippen molar-refractivity contribution in [2.24, 2.45) is 0 Å². The molecule has 118 valence electrons. The SMILES string of the molecule is CCCCN(CCCC)S(=O)(=O)c1cccc(C(=O)O)c1. The molecule has 0 heterocycles. The highest BCUT2D eigenvalue weighted by molar-refractivity contribution is 7.89. The van der Waals surface area contributed by atoms with Crippen LogP contribution < -0.4 is 0 Å². The van der Waals surface area contributed by atoms with E-state index in [0.717, 1.165) is 25.7 Å². The summed E-state index contributed by atoms with van der Waals surface area (Å²) < 4.78 is 26.8. The van der Waals surface area contributed by atoms with Gasteiger partial charge in [-0.05, 0) is 31.0 Å². The van der Waals surface area contributed by atoms with Crippen LogP contribution in [0.3, 0.4) is 0 Å². The Bertz CT molecular complexity index is 561. The third-order valence-corrected chi connectivity index (χ3v) is 5.14. The standard InChI is InChI=1S/C15H23NO4S/c1-3-5-10-16(11-6-4-2)21(19,20)14-9-7-8-13(12-14)15(17)18/h7-9,12H,3-6,10-11H2,1-2H3,(H,17,18). The average Bonchev–Trinajstić information content (AvgIpc) is 2.47. The smallest absolute Gasteiger partial charge is 0.335 e. The zero-order valence-corrected chi connectivity index (χ0v) is 13.4. The summed E-state index contributed by atoms with van der Waals surface area (Å²) in [4.78, 5) is 11.0. The van der Waals surface area contributed by atoms with E-state index in [9.17, 15) is 13.2 Å². The molecule has 0 spiro atoms. The first kappa shape index (κ1) is 17.7. The normalized spacial score (nSPS) is 11.8. The van der Waals surface area contributed by atoms with E-state index in [1.807, 2.05) is 13.8 Å². The van der Waals surface area contributed by atoms with E-state index in [2.05, 4.69) is 0 Å². The third kappa shape index (κ3) is 4.82. The molecular formula is C15H23NO4S. The van der Waals surface area contributed by atoms with Crippen LogP contribution in [0.5, 0.6) is 0 Å². The number of sulfonamides is 1. The Morgan fingerprint density at radius 2 is 1.71 bits per heavy atom. The van der Waals surface area contributed by atoms with Crippen molar-refractivity contribution >= 4 is 16.0 Å². The van der Waals surface area contributed by atoms with Crippen LogP contribution in [0.4, 0.5) is 0 Å². The molecule has 0 aliphatic rings. The molecule has 0 saturated heterocycles. The minimum atomic E-state index is -3.63. The van der Waals surface area contributed by atoms with Gasteiger partial charge in [0.1, 0.15) is 0 Å². The van der Waals surface area contributed by atoms with Crippen LogP contribution in [-0.2, 0) is 10.0 Å². The monoisotopic (exact) mass is 313 g/mol.